The van der Waals surface area contributed by atoms with E-state index in [0.717, 1.165) is 22.9 Å². The Hall–Kier alpha value is -2.95. The van der Waals surface area contributed by atoms with Gasteiger partial charge >= 0.3 is 0 Å². The Bertz CT molecular complexity index is 990. The van der Waals surface area contributed by atoms with Gasteiger partial charge in [-0.25, -0.2) is 4.68 Å². The standard InChI is InChI=1S/C21H21N3O2/c1-15-6-7-19-18(12-15)13-22-24(19)21(26)9-8-20(25)23-11-10-16-4-2-3-5-17(16)14-23/h2-7,12-13H,8-11,14H2,1H3. The van der Waals surface area contributed by atoms with Gasteiger partial charge in [-0.3, -0.25) is 9.59 Å². The van der Waals surface area contributed by atoms with Gasteiger partial charge in [0, 0.05) is 31.3 Å². The molecule has 0 aliphatic carbocycles. The maximum Gasteiger partial charge on any atom is 0.247 e. The Labute approximate surface area is 152 Å². The average Bonchev–Trinajstić information content (AvgIpc) is 3.08. The molecule has 2 aromatic carbocycles. The summed E-state index contributed by atoms with van der Waals surface area (Å²) in [5, 5.41) is 5.14. The highest BCUT2D eigenvalue weighted by Gasteiger charge is 2.21. The molecule has 0 fully saturated rings. The fraction of sp³-hybridized carbons (Fsp3) is 0.286. The van der Waals surface area contributed by atoms with Gasteiger partial charge in [-0.1, -0.05) is 35.9 Å². The fourth-order valence-electron chi connectivity index (χ4n) is 3.54. The second kappa shape index (κ2) is 6.75. The van der Waals surface area contributed by atoms with E-state index < -0.39 is 0 Å². The van der Waals surface area contributed by atoms with Crippen LogP contribution in [0.25, 0.3) is 10.9 Å². The zero-order valence-corrected chi connectivity index (χ0v) is 14.8. The molecule has 0 radical (unpaired) electrons. The highest BCUT2D eigenvalue weighted by atomic mass is 16.2. The number of aryl methyl sites for hydroxylation is 1. The van der Waals surface area contributed by atoms with Crippen molar-refractivity contribution in [1.82, 2.24) is 14.7 Å². The van der Waals surface area contributed by atoms with E-state index in [2.05, 4.69) is 17.2 Å². The van der Waals surface area contributed by atoms with E-state index in [1.54, 1.807) is 6.20 Å². The van der Waals surface area contributed by atoms with Gasteiger partial charge in [0.05, 0.1) is 11.7 Å². The van der Waals surface area contributed by atoms with E-state index in [0.29, 0.717) is 13.1 Å². The Morgan fingerprint density at radius 1 is 1.04 bits per heavy atom. The van der Waals surface area contributed by atoms with Gasteiger partial charge in [-0.2, -0.15) is 5.10 Å². The smallest absolute Gasteiger partial charge is 0.247 e. The molecule has 26 heavy (non-hydrogen) atoms. The molecule has 0 unspecified atom stereocenters. The lowest BCUT2D eigenvalue weighted by Crippen LogP contribution is -2.36. The molecule has 1 amide bonds. The topological polar surface area (TPSA) is 55.2 Å². The molecule has 3 aromatic rings. The summed E-state index contributed by atoms with van der Waals surface area (Å²) in [6, 6.07) is 14.1. The van der Waals surface area contributed by atoms with Crippen molar-refractivity contribution in [3.63, 3.8) is 0 Å². The summed E-state index contributed by atoms with van der Waals surface area (Å²) in [5.74, 6) is -0.116. The van der Waals surface area contributed by atoms with Crippen molar-refractivity contribution < 1.29 is 9.59 Å². The molecule has 1 aromatic heterocycles. The van der Waals surface area contributed by atoms with Crippen LogP contribution >= 0.6 is 0 Å². The summed E-state index contributed by atoms with van der Waals surface area (Å²) >= 11 is 0. The Balaban J connectivity index is 1.40. The SMILES string of the molecule is Cc1ccc2c(cnn2C(=O)CCC(=O)N2CCc3ccccc3C2)c1. The summed E-state index contributed by atoms with van der Waals surface area (Å²) in [6.45, 7) is 3.36. The Kier molecular flexibility index (Phi) is 4.29. The molecule has 4 rings (SSSR count). The first-order valence-electron chi connectivity index (χ1n) is 8.94. The number of fused-ring (bicyclic) bond motifs is 2. The van der Waals surface area contributed by atoms with E-state index in [1.807, 2.05) is 42.2 Å². The second-order valence-electron chi connectivity index (χ2n) is 6.85. The van der Waals surface area contributed by atoms with Gasteiger partial charge in [0.15, 0.2) is 0 Å². The molecule has 0 N–H and O–H groups in total. The normalized spacial score (nSPS) is 13.7. The van der Waals surface area contributed by atoms with Crippen molar-refractivity contribution >= 4 is 22.7 Å². The number of carbonyl (C=O) groups is 2. The van der Waals surface area contributed by atoms with E-state index in [1.165, 1.54) is 15.8 Å². The highest BCUT2D eigenvalue weighted by Crippen LogP contribution is 2.20. The van der Waals surface area contributed by atoms with Crippen LogP contribution in [-0.2, 0) is 17.8 Å². The molecule has 132 valence electrons. The van der Waals surface area contributed by atoms with E-state index >= 15 is 0 Å². The molecule has 2 heterocycles. The van der Waals surface area contributed by atoms with Gasteiger partial charge in [-0.05, 0) is 36.6 Å². The molecule has 0 spiro atoms. The minimum Gasteiger partial charge on any atom is -0.338 e. The number of hydrogen-bond acceptors (Lipinski definition) is 3. The number of aromatic nitrogens is 2. The third kappa shape index (κ3) is 3.12. The fourth-order valence-corrected chi connectivity index (χ4v) is 3.54. The van der Waals surface area contributed by atoms with Gasteiger partial charge in [-0.15, -0.1) is 0 Å². The number of rotatable bonds is 3. The molecule has 1 aliphatic rings. The molecular weight excluding hydrogens is 326 g/mol. The van der Waals surface area contributed by atoms with Crippen molar-refractivity contribution in [3.8, 4) is 0 Å². The average molecular weight is 347 g/mol. The first-order valence-corrected chi connectivity index (χ1v) is 8.94. The minimum absolute atomic E-state index is 0.0279. The van der Waals surface area contributed by atoms with Crippen LogP contribution in [0, 0.1) is 6.92 Å². The molecular formula is C21H21N3O2. The van der Waals surface area contributed by atoms with Crippen LogP contribution in [0.2, 0.25) is 0 Å². The first kappa shape index (κ1) is 16.5. The van der Waals surface area contributed by atoms with Crippen LogP contribution in [0.4, 0.5) is 0 Å². The van der Waals surface area contributed by atoms with Gasteiger partial charge in [0.1, 0.15) is 0 Å². The lowest BCUT2D eigenvalue weighted by Gasteiger charge is -2.28. The maximum absolute atomic E-state index is 12.5. The third-order valence-corrected chi connectivity index (χ3v) is 5.00. The van der Waals surface area contributed by atoms with Crippen LogP contribution in [-0.4, -0.2) is 33.0 Å². The molecule has 0 bridgehead atoms. The number of nitrogens with zero attached hydrogens (tertiary/aromatic N) is 3. The summed E-state index contributed by atoms with van der Waals surface area (Å²) < 4.78 is 1.41. The first-order chi connectivity index (χ1) is 12.6. The Morgan fingerprint density at radius 2 is 1.81 bits per heavy atom. The number of benzene rings is 2. The number of hydrogen-bond donors (Lipinski definition) is 0. The van der Waals surface area contributed by atoms with Gasteiger partial charge in [0.2, 0.25) is 11.8 Å². The summed E-state index contributed by atoms with van der Waals surface area (Å²) in [4.78, 5) is 26.9. The molecule has 0 saturated heterocycles. The van der Waals surface area contributed by atoms with Crippen molar-refractivity contribution in [2.75, 3.05) is 6.54 Å². The zero-order chi connectivity index (χ0) is 18.1. The monoisotopic (exact) mass is 347 g/mol. The van der Waals surface area contributed by atoms with Gasteiger partial charge < -0.3 is 4.90 Å². The van der Waals surface area contributed by atoms with Crippen molar-refractivity contribution in [2.24, 2.45) is 0 Å². The predicted molar refractivity (Wildman–Crippen MR) is 99.9 cm³/mol. The minimum atomic E-state index is -0.144. The molecule has 1 aliphatic heterocycles. The summed E-state index contributed by atoms with van der Waals surface area (Å²) in [6.07, 6.45) is 2.96. The predicted octanol–water partition coefficient (Wildman–Crippen LogP) is 3.35. The number of carbonyl (C=O) groups excluding carboxylic acids is 2. The van der Waals surface area contributed by atoms with Crippen LogP contribution in [0.3, 0.4) is 0 Å². The molecule has 0 saturated carbocycles. The second-order valence-corrected chi connectivity index (χ2v) is 6.85. The van der Waals surface area contributed by atoms with Crippen molar-refractivity contribution in [1.29, 1.82) is 0 Å². The van der Waals surface area contributed by atoms with Crippen LogP contribution < -0.4 is 0 Å². The third-order valence-electron chi connectivity index (χ3n) is 5.00. The summed E-state index contributed by atoms with van der Waals surface area (Å²) in [5.41, 5.74) is 4.43. The molecule has 5 heteroatoms. The van der Waals surface area contributed by atoms with Crippen molar-refractivity contribution in [2.45, 2.75) is 32.7 Å². The van der Waals surface area contributed by atoms with Crippen LogP contribution in [0.1, 0.15) is 34.3 Å². The zero-order valence-electron chi connectivity index (χ0n) is 14.8. The lowest BCUT2D eigenvalue weighted by atomic mass is 9.99. The lowest BCUT2D eigenvalue weighted by molar-refractivity contribution is -0.132. The largest absolute Gasteiger partial charge is 0.338 e. The van der Waals surface area contributed by atoms with E-state index in [-0.39, 0.29) is 24.7 Å². The maximum atomic E-state index is 12.5. The Morgan fingerprint density at radius 3 is 2.65 bits per heavy atom. The van der Waals surface area contributed by atoms with Crippen molar-refractivity contribution in [3.05, 3.63) is 65.4 Å². The van der Waals surface area contributed by atoms with Gasteiger partial charge in [0.25, 0.3) is 0 Å². The van der Waals surface area contributed by atoms with E-state index in [4.69, 9.17) is 0 Å². The highest BCUT2D eigenvalue weighted by molar-refractivity contribution is 5.92. The quantitative estimate of drug-likeness (QED) is 0.730. The molecule has 0 atom stereocenters. The summed E-state index contributed by atoms with van der Waals surface area (Å²) in [7, 11) is 0. The number of amides is 1. The molecule has 5 nitrogen and oxygen atoms in total. The van der Waals surface area contributed by atoms with Crippen LogP contribution in [0.15, 0.2) is 48.7 Å². The van der Waals surface area contributed by atoms with E-state index in [9.17, 15) is 9.59 Å². The van der Waals surface area contributed by atoms with Crippen LogP contribution in [0.5, 0.6) is 0 Å².